The molecule has 1 atom stereocenters. The van der Waals surface area contributed by atoms with Gasteiger partial charge in [-0.05, 0) is 24.6 Å². The summed E-state index contributed by atoms with van der Waals surface area (Å²) >= 11 is 6.17. The van der Waals surface area contributed by atoms with E-state index in [4.69, 9.17) is 11.6 Å². The highest BCUT2D eigenvalue weighted by molar-refractivity contribution is 6.31. The number of halogens is 1. The van der Waals surface area contributed by atoms with E-state index in [9.17, 15) is 5.11 Å². The van der Waals surface area contributed by atoms with Crippen molar-refractivity contribution in [1.82, 2.24) is 10.2 Å². The van der Waals surface area contributed by atoms with Gasteiger partial charge in [0.05, 0.1) is 6.61 Å². The summed E-state index contributed by atoms with van der Waals surface area (Å²) in [6.07, 6.45) is 1.11. The number of benzene rings is 1. The van der Waals surface area contributed by atoms with E-state index < -0.39 is 0 Å². The highest BCUT2D eigenvalue weighted by Crippen LogP contribution is 2.18. The Morgan fingerprint density at radius 3 is 3.00 bits per heavy atom. The van der Waals surface area contributed by atoms with Crippen molar-refractivity contribution < 1.29 is 5.11 Å². The Hall–Kier alpha value is -0.610. The second kappa shape index (κ2) is 6.36. The fraction of sp³-hybridized carbons (Fsp3) is 0.538. The van der Waals surface area contributed by atoms with Crippen LogP contribution < -0.4 is 5.32 Å². The van der Waals surface area contributed by atoms with Crippen molar-refractivity contribution in [2.75, 3.05) is 26.2 Å². The van der Waals surface area contributed by atoms with Crippen LogP contribution in [0.4, 0.5) is 0 Å². The van der Waals surface area contributed by atoms with Crippen molar-refractivity contribution >= 4 is 11.6 Å². The lowest BCUT2D eigenvalue weighted by Crippen LogP contribution is -2.41. The Morgan fingerprint density at radius 1 is 1.41 bits per heavy atom. The molecule has 0 bridgehead atoms. The maximum atomic E-state index is 9.42. The summed E-state index contributed by atoms with van der Waals surface area (Å²) in [7, 11) is 0. The quantitative estimate of drug-likeness (QED) is 0.858. The molecule has 17 heavy (non-hydrogen) atoms. The van der Waals surface area contributed by atoms with Gasteiger partial charge in [0.1, 0.15) is 0 Å². The van der Waals surface area contributed by atoms with E-state index >= 15 is 0 Å². The summed E-state index contributed by atoms with van der Waals surface area (Å²) < 4.78 is 0. The molecule has 1 aromatic rings. The highest BCUT2D eigenvalue weighted by atomic mass is 35.5. The van der Waals surface area contributed by atoms with E-state index in [-0.39, 0.29) is 12.6 Å². The Kier molecular flexibility index (Phi) is 4.80. The summed E-state index contributed by atoms with van der Waals surface area (Å²) in [5.74, 6) is 0. The van der Waals surface area contributed by atoms with E-state index in [1.54, 1.807) is 0 Å². The molecular formula is C13H19ClN2O. The summed E-state index contributed by atoms with van der Waals surface area (Å²) in [6, 6.07) is 8.11. The molecule has 1 aliphatic rings. The van der Waals surface area contributed by atoms with Gasteiger partial charge in [-0.15, -0.1) is 0 Å². The average Bonchev–Trinajstić information content (AvgIpc) is 2.57. The number of nitrogens with one attached hydrogen (secondary N) is 1. The number of rotatable bonds is 3. The summed E-state index contributed by atoms with van der Waals surface area (Å²) in [6.45, 7) is 3.88. The van der Waals surface area contributed by atoms with Crippen LogP contribution in [0.5, 0.6) is 0 Å². The molecule has 1 aromatic carbocycles. The predicted octanol–water partition coefficient (Wildman–Crippen LogP) is 1.50. The summed E-state index contributed by atoms with van der Waals surface area (Å²) in [5, 5.41) is 13.6. The number of nitrogens with zero attached hydrogens (tertiary/aromatic N) is 1. The average molecular weight is 255 g/mol. The Morgan fingerprint density at radius 2 is 2.24 bits per heavy atom. The van der Waals surface area contributed by atoms with Crippen molar-refractivity contribution in [3.8, 4) is 0 Å². The molecule has 0 saturated carbocycles. The lowest BCUT2D eigenvalue weighted by Gasteiger charge is -2.28. The van der Waals surface area contributed by atoms with Gasteiger partial charge >= 0.3 is 0 Å². The number of aliphatic hydroxyl groups is 1. The van der Waals surface area contributed by atoms with Crippen LogP contribution >= 0.6 is 11.6 Å². The Bertz CT molecular complexity index is 359. The lowest BCUT2D eigenvalue weighted by molar-refractivity contribution is 0.126. The van der Waals surface area contributed by atoms with Crippen molar-refractivity contribution in [2.24, 2.45) is 0 Å². The molecule has 94 valence electrons. The number of hydrogen-bond donors (Lipinski definition) is 2. The zero-order chi connectivity index (χ0) is 12.1. The van der Waals surface area contributed by atoms with Gasteiger partial charge in [0.2, 0.25) is 0 Å². The minimum atomic E-state index is 0.189. The first-order valence-electron chi connectivity index (χ1n) is 6.10. The minimum absolute atomic E-state index is 0.189. The van der Waals surface area contributed by atoms with Gasteiger partial charge in [0.25, 0.3) is 0 Å². The van der Waals surface area contributed by atoms with Crippen LogP contribution in [0.25, 0.3) is 0 Å². The molecule has 4 heteroatoms. The maximum Gasteiger partial charge on any atom is 0.0599 e. The van der Waals surface area contributed by atoms with Crippen LogP contribution in [0.1, 0.15) is 12.0 Å². The van der Waals surface area contributed by atoms with Gasteiger partial charge < -0.3 is 10.4 Å². The van der Waals surface area contributed by atoms with Gasteiger partial charge in [0, 0.05) is 30.7 Å². The van der Waals surface area contributed by atoms with Crippen LogP contribution in [0, 0.1) is 0 Å². The third-order valence-electron chi connectivity index (χ3n) is 3.24. The predicted molar refractivity (Wildman–Crippen MR) is 70.2 cm³/mol. The van der Waals surface area contributed by atoms with Gasteiger partial charge in [0.15, 0.2) is 0 Å². The molecule has 1 aliphatic heterocycles. The first-order chi connectivity index (χ1) is 8.31. The van der Waals surface area contributed by atoms with E-state index in [0.717, 1.165) is 43.2 Å². The summed E-state index contributed by atoms with van der Waals surface area (Å²) in [5.41, 5.74) is 1.13. The molecule has 0 aliphatic carbocycles. The largest absolute Gasteiger partial charge is 0.395 e. The standard InChI is InChI=1S/C13H19ClN2O/c14-13-5-2-1-4-11(13)9-16-7-3-6-15-8-12(16)10-17/h1-2,4-5,12,15,17H,3,6-10H2. The van der Waals surface area contributed by atoms with Crippen LogP contribution in [-0.4, -0.2) is 42.3 Å². The molecule has 1 unspecified atom stereocenters. The van der Waals surface area contributed by atoms with Crippen LogP contribution in [-0.2, 0) is 6.54 Å². The minimum Gasteiger partial charge on any atom is -0.395 e. The fourth-order valence-electron chi connectivity index (χ4n) is 2.22. The smallest absolute Gasteiger partial charge is 0.0599 e. The molecule has 3 nitrogen and oxygen atoms in total. The topological polar surface area (TPSA) is 35.5 Å². The lowest BCUT2D eigenvalue weighted by atomic mass is 10.1. The first kappa shape index (κ1) is 12.8. The monoisotopic (exact) mass is 254 g/mol. The van der Waals surface area contributed by atoms with Crippen LogP contribution in [0.3, 0.4) is 0 Å². The molecule has 1 heterocycles. The van der Waals surface area contributed by atoms with Gasteiger partial charge in [-0.1, -0.05) is 29.8 Å². The van der Waals surface area contributed by atoms with Crippen molar-refractivity contribution in [3.63, 3.8) is 0 Å². The van der Waals surface area contributed by atoms with Crippen molar-refractivity contribution in [1.29, 1.82) is 0 Å². The van der Waals surface area contributed by atoms with Crippen molar-refractivity contribution in [2.45, 2.75) is 19.0 Å². The maximum absolute atomic E-state index is 9.42. The second-order valence-electron chi connectivity index (χ2n) is 4.46. The van der Waals surface area contributed by atoms with E-state index in [0.29, 0.717) is 0 Å². The SMILES string of the molecule is OCC1CNCCCN1Cc1ccccc1Cl. The van der Waals surface area contributed by atoms with Gasteiger partial charge in [-0.3, -0.25) is 4.90 Å². The Balaban J connectivity index is 2.07. The van der Waals surface area contributed by atoms with Crippen molar-refractivity contribution in [3.05, 3.63) is 34.9 Å². The van der Waals surface area contributed by atoms with E-state index in [1.807, 2.05) is 18.2 Å². The fourth-order valence-corrected chi connectivity index (χ4v) is 2.42. The third kappa shape index (κ3) is 3.42. The molecule has 2 rings (SSSR count). The summed E-state index contributed by atoms with van der Waals surface area (Å²) in [4.78, 5) is 2.31. The Labute approximate surface area is 107 Å². The van der Waals surface area contributed by atoms with Crippen LogP contribution in [0.2, 0.25) is 5.02 Å². The van der Waals surface area contributed by atoms with Gasteiger partial charge in [-0.2, -0.15) is 0 Å². The molecule has 0 spiro atoms. The molecule has 1 fully saturated rings. The second-order valence-corrected chi connectivity index (χ2v) is 4.86. The molecule has 0 aromatic heterocycles. The van der Waals surface area contributed by atoms with E-state index in [2.05, 4.69) is 16.3 Å². The zero-order valence-corrected chi connectivity index (χ0v) is 10.7. The molecule has 0 amide bonds. The van der Waals surface area contributed by atoms with E-state index in [1.165, 1.54) is 0 Å². The number of aliphatic hydroxyl groups excluding tert-OH is 1. The molecule has 1 saturated heterocycles. The molecule has 0 radical (unpaired) electrons. The van der Waals surface area contributed by atoms with Gasteiger partial charge in [-0.25, -0.2) is 0 Å². The molecular weight excluding hydrogens is 236 g/mol. The third-order valence-corrected chi connectivity index (χ3v) is 3.61. The number of hydrogen-bond acceptors (Lipinski definition) is 3. The van der Waals surface area contributed by atoms with Crippen LogP contribution in [0.15, 0.2) is 24.3 Å². The highest BCUT2D eigenvalue weighted by Gasteiger charge is 2.20. The zero-order valence-electron chi connectivity index (χ0n) is 9.90. The normalized spacial score (nSPS) is 22.4. The first-order valence-corrected chi connectivity index (χ1v) is 6.48. The molecule has 2 N–H and O–H groups in total.